The largest absolute Gasteiger partial charge is 0.431 e. The number of hydrogen-bond donors (Lipinski definition) is 0. The van der Waals surface area contributed by atoms with E-state index in [-0.39, 0.29) is 16.6 Å². The van der Waals surface area contributed by atoms with E-state index in [0.29, 0.717) is 16.3 Å². The number of likely N-dealkylation sites (tertiary alicyclic amines) is 1. The predicted octanol–water partition coefficient (Wildman–Crippen LogP) is 4.08. The maximum absolute atomic E-state index is 13.1. The molecule has 0 bridgehead atoms. The molecule has 29 heavy (non-hydrogen) atoms. The van der Waals surface area contributed by atoms with Crippen LogP contribution in [-0.4, -0.2) is 43.1 Å². The highest BCUT2D eigenvalue weighted by atomic mass is 32.2. The Labute approximate surface area is 174 Å². The molecule has 0 radical (unpaired) electrons. The van der Waals surface area contributed by atoms with Crippen molar-refractivity contribution in [3.8, 4) is 0 Å². The summed E-state index contributed by atoms with van der Waals surface area (Å²) in [5, 5.41) is -0.103. The van der Waals surface area contributed by atoms with Crippen LogP contribution in [0.2, 0.25) is 0 Å². The van der Waals surface area contributed by atoms with E-state index in [4.69, 9.17) is 4.42 Å². The number of sulfone groups is 1. The van der Waals surface area contributed by atoms with Crippen molar-refractivity contribution < 1.29 is 17.6 Å². The van der Waals surface area contributed by atoms with E-state index in [9.17, 15) is 13.2 Å². The van der Waals surface area contributed by atoms with Gasteiger partial charge in [-0.15, -0.1) is 0 Å². The maximum Gasteiger partial charge on any atom is 0.257 e. The number of fused-ring (bicyclic) bond motifs is 1. The van der Waals surface area contributed by atoms with E-state index in [1.807, 2.05) is 35.2 Å². The van der Waals surface area contributed by atoms with Crippen LogP contribution in [0.1, 0.15) is 30.6 Å². The third-order valence-corrected chi connectivity index (χ3v) is 7.86. The number of carbonyl (C=O) groups is 1. The topological polar surface area (TPSA) is 80.5 Å². The Bertz CT molecular complexity index is 1120. The molecule has 1 aliphatic heterocycles. The molecule has 2 aromatic carbocycles. The SMILES string of the molecule is CCS(=O)(=O)c1ccc2oc(S[C@H](C(=O)N3CCCC3)c3ccccc3)nc2c1. The molecule has 152 valence electrons. The minimum atomic E-state index is -3.32. The van der Waals surface area contributed by atoms with E-state index in [1.165, 1.54) is 23.9 Å². The van der Waals surface area contributed by atoms with Crippen LogP contribution in [0.5, 0.6) is 0 Å². The van der Waals surface area contributed by atoms with Crippen LogP contribution in [0.4, 0.5) is 0 Å². The highest BCUT2D eigenvalue weighted by Crippen LogP contribution is 2.38. The second kappa shape index (κ2) is 8.20. The van der Waals surface area contributed by atoms with Gasteiger partial charge in [-0.25, -0.2) is 13.4 Å². The van der Waals surface area contributed by atoms with Crippen LogP contribution >= 0.6 is 11.8 Å². The van der Waals surface area contributed by atoms with Crippen LogP contribution in [0.3, 0.4) is 0 Å². The molecule has 1 saturated heterocycles. The van der Waals surface area contributed by atoms with Gasteiger partial charge >= 0.3 is 0 Å². The summed E-state index contributed by atoms with van der Waals surface area (Å²) in [6.45, 7) is 3.15. The van der Waals surface area contributed by atoms with Crippen molar-refractivity contribution in [1.29, 1.82) is 0 Å². The lowest BCUT2D eigenvalue weighted by molar-refractivity contribution is -0.129. The minimum Gasteiger partial charge on any atom is -0.431 e. The number of nitrogens with zero attached hydrogens (tertiary/aromatic N) is 2. The van der Waals surface area contributed by atoms with Gasteiger partial charge in [0, 0.05) is 13.1 Å². The van der Waals surface area contributed by atoms with Crippen molar-refractivity contribution >= 4 is 38.6 Å². The monoisotopic (exact) mass is 430 g/mol. The molecule has 0 unspecified atom stereocenters. The fraction of sp³-hybridized carbons (Fsp3) is 0.333. The molecular weight excluding hydrogens is 408 g/mol. The lowest BCUT2D eigenvalue weighted by atomic mass is 10.1. The summed E-state index contributed by atoms with van der Waals surface area (Å²) in [5.41, 5.74) is 1.87. The third kappa shape index (κ3) is 4.18. The van der Waals surface area contributed by atoms with Gasteiger partial charge in [-0.3, -0.25) is 4.79 Å². The van der Waals surface area contributed by atoms with Crippen LogP contribution in [0, 0.1) is 0 Å². The van der Waals surface area contributed by atoms with Gasteiger partial charge in [0.2, 0.25) is 5.91 Å². The van der Waals surface area contributed by atoms with Crippen molar-refractivity contribution in [1.82, 2.24) is 9.88 Å². The Balaban J connectivity index is 1.66. The van der Waals surface area contributed by atoms with Crippen LogP contribution < -0.4 is 0 Å². The van der Waals surface area contributed by atoms with E-state index in [0.717, 1.165) is 31.5 Å². The second-order valence-corrected chi connectivity index (χ2v) is 10.3. The van der Waals surface area contributed by atoms with Crippen molar-refractivity contribution in [2.45, 2.75) is 35.1 Å². The fourth-order valence-electron chi connectivity index (χ4n) is 3.39. The predicted molar refractivity (Wildman–Crippen MR) is 113 cm³/mol. The first-order valence-electron chi connectivity index (χ1n) is 9.61. The smallest absolute Gasteiger partial charge is 0.257 e. The summed E-state index contributed by atoms with van der Waals surface area (Å²) in [4.78, 5) is 19.7. The number of rotatable bonds is 6. The highest BCUT2D eigenvalue weighted by Gasteiger charge is 2.30. The van der Waals surface area contributed by atoms with Crippen molar-refractivity contribution in [3.63, 3.8) is 0 Å². The first kappa shape index (κ1) is 20.0. The molecule has 6 nitrogen and oxygen atoms in total. The summed E-state index contributed by atoms with van der Waals surface area (Å²) >= 11 is 1.26. The Morgan fingerprint density at radius 2 is 1.90 bits per heavy atom. The number of carbonyl (C=O) groups excluding carboxylic acids is 1. The molecule has 8 heteroatoms. The normalized spacial score (nSPS) is 15.7. The molecule has 1 amide bonds. The third-order valence-electron chi connectivity index (χ3n) is 5.04. The number of benzene rings is 2. The van der Waals surface area contributed by atoms with E-state index in [1.54, 1.807) is 13.0 Å². The van der Waals surface area contributed by atoms with Crippen LogP contribution in [0.25, 0.3) is 11.1 Å². The zero-order valence-corrected chi connectivity index (χ0v) is 17.7. The molecule has 4 rings (SSSR count). The number of amides is 1. The Kier molecular flexibility index (Phi) is 5.65. The lowest BCUT2D eigenvalue weighted by Crippen LogP contribution is -2.31. The second-order valence-electron chi connectivity index (χ2n) is 6.95. The molecule has 2 heterocycles. The number of hydrogen-bond acceptors (Lipinski definition) is 6. The van der Waals surface area contributed by atoms with Gasteiger partial charge in [0.15, 0.2) is 15.4 Å². The zero-order valence-electron chi connectivity index (χ0n) is 16.1. The molecule has 1 aromatic heterocycles. The van der Waals surface area contributed by atoms with Crippen molar-refractivity contribution in [2.24, 2.45) is 0 Å². The average Bonchev–Trinajstić information content (AvgIpc) is 3.41. The number of aromatic nitrogens is 1. The lowest BCUT2D eigenvalue weighted by Gasteiger charge is -2.22. The van der Waals surface area contributed by atoms with E-state index < -0.39 is 15.1 Å². The number of thioether (sulfide) groups is 1. The van der Waals surface area contributed by atoms with E-state index >= 15 is 0 Å². The molecule has 0 aliphatic carbocycles. The van der Waals surface area contributed by atoms with Crippen LogP contribution in [-0.2, 0) is 14.6 Å². The van der Waals surface area contributed by atoms with E-state index in [2.05, 4.69) is 4.98 Å². The quantitative estimate of drug-likeness (QED) is 0.548. The van der Waals surface area contributed by atoms with Gasteiger partial charge in [-0.2, -0.15) is 0 Å². The zero-order chi connectivity index (χ0) is 20.4. The molecule has 1 atom stereocenters. The summed E-state index contributed by atoms with van der Waals surface area (Å²) in [5.74, 6) is 0.0773. The summed E-state index contributed by atoms with van der Waals surface area (Å²) in [6.07, 6.45) is 2.05. The molecule has 0 saturated carbocycles. The van der Waals surface area contributed by atoms with Gasteiger partial charge in [0.25, 0.3) is 5.22 Å². The van der Waals surface area contributed by atoms with Crippen LogP contribution in [0.15, 0.2) is 63.1 Å². The molecular formula is C21H22N2O4S2. The minimum absolute atomic E-state index is 0.0262. The van der Waals surface area contributed by atoms with Gasteiger partial charge in [0.1, 0.15) is 10.8 Å². The summed E-state index contributed by atoms with van der Waals surface area (Å²) in [7, 11) is -3.32. The Morgan fingerprint density at radius 1 is 1.17 bits per heavy atom. The fourth-order valence-corrected chi connectivity index (χ4v) is 5.32. The Morgan fingerprint density at radius 3 is 2.59 bits per heavy atom. The maximum atomic E-state index is 13.1. The van der Waals surface area contributed by atoms with Crippen molar-refractivity contribution in [2.75, 3.05) is 18.8 Å². The number of oxazole rings is 1. The van der Waals surface area contributed by atoms with Gasteiger partial charge < -0.3 is 9.32 Å². The first-order chi connectivity index (χ1) is 14.0. The molecule has 0 N–H and O–H groups in total. The van der Waals surface area contributed by atoms with Crippen molar-refractivity contribution in [3.05, 3.63) is 54.1 Å². The molecule has 3 aromatic rings. The molecule has 0 spiro atoms. The van der Waals surface area contributed by atoms with Gasteiger partial charge in [0.05, 0.1) is 10.6 Å². The van der Waals surface area contributed by atoms with Gasteiger partial charge in [-0.1, -0.05) is 37.3 Å². The summed E-state index contributed by atoms with van der Waals surface area (Å²) < 4.78 is 30.1. The standard InChI is InChI=1S/C21H22N2O4S2/c1-2-29(25,26)16-10-11-18-17(14-16)22-21(27-18)28-19(15-8-4-3-5-9-15)20(24)23-12-6-7-13-23/h3-5,8-11,14,19H,2,6-7,12-13H2,1H3/t19-/m0/s1. The molecule has 1 fully saturated rings. The van der Waals surface area contributed by atoms with Gasteiger partial charge in [-0.05, 0) is 48.4 Å². The first-order valence-corrected chi connectivity index (χ1v) is 12.1. The highest BCUT2D eigenvalue weighted by molar-refractivity contribution is 8.00. The average molecular weight is 431 g/mol. The Hall–Kier alpha value is -2.32. The summed E-state index contributed by atoms with van der Waals surface area (Å²) in [6, 6.07) is 14.3. The molecule has 1 aliphatic rings.